The minimum Gasteiger partial charge on any atom is -0.464 e. The second kappa shape index (κ2) is 5.38. The van der Waals surface area contributed by atoms with Crippen LogP contribution in [0.15, 0.2) is 27.1 Å². The Morgan fingerprint density at radius 3 is 2.65 bits per heavy atom. The first-order valence-corrected chi connectivity index (χ1v) is 7.28. The maximum atomic E-state index is 5.74. The van der Waals surface area contributed by atoms with E-state index in [1.165, 1.54) is 9.75 Å². The van der Waals surface area contributed by atoms with Crippen LogP contribution in [0.4, 0.5) is 0 Å². The highest BCUT2D eigenvalue weighted by Crippen LogP contribution is 2.36. The molecule has 0 radical (unpaired) electrons. The van der Waals surface area contributed by atoms with Crippen LogP contribution in [0.3, 0.4) is 0 Å². The topological polar surface area (TPSA) is 25.2 Å². The monoisotopic (exact) mass is 313 g/mol. The van der Waals surface area contributed by atoms with Crippen LogP contribution in [-0.4, -0.2) is 6.54 Å². The third kappa shape index (κ3) is 2.81. The highest BCUT2D eigenvalue weighted by Gasteiger charge is 2.21. The number of hydrogen-bond acceptors (Lipinski definition) is 3. The predicted octanol–water partition coefficient (Wildman–Crippen LogP) is 4.42. The fourth-order valence-corrected chi connectivity index (χ4v) is 3.80. The smallest absolute Gasteiger partial charge is 0.126 e. The van der Waals surface area contributed by atoms with Gasteiger partial charge in [-0.2, -0.15) is 0 Å². The Balaban J connectivity index is 2.38. The van der Waals surface area contributed by atoms with Crippen molar-refractivity contribution < 1.29 is 4.42 Å². The number of thiophene rings is 1. The Bertz CT molecular complexity index is 503. The first-order chi connectivity index (χ1) is 8.11. The lowest BCUT2D eigenvalue weighted by Crippen LogP contribution is -2.20. The fourth-order valence-electron chi connectivity index (χ4n) is 1.83. The molecule has 0 amide bonds. The summed E-state index contributed by atoms with van der Waals surface area (Å²) in [5.41, 5.74) is 0. The molecule has 0 aliphatic carbocycles. The molecule has 4 heteroatoms. The molecule has 0 aliphatic rings. The van der Waals surface area contributed by atoms with Crippen LogP contribution >= 0.6 is 27.3 Å². The van der Waals surface area contributed by atoms with E-state index in [0.29, 0.717) is 0 Å². The van der Waals surface area contributed by atoms with Crippen LogP contribution in [0, 0.1) is 13.8 Å². The van der Waals surface area contributed by atoms with Crippen molar-refractivity contribution >= 4 is 27.3 Å². The summed E-state index contributed by atoms with van der Waals surface area (Å²) in [6, 6.07) is 6.35. The van der Waals surface area contributed by atoms with Gasteiger partial charge in [0, 0.05) is 14.2 Å². The molecule has 1 atom stereocenters. The van der Waals surface area contributed by atoms with Crippen molar-refractivity contribution in [3.8, 4) is 0 Å². The minimum atomic E-state index is 0.141. The Morgan fingerprint density at radius 2 is 2.18 bits per heavy atom. The van der Waals surface area contributed by atoms with Gasteiger partial charge >= 0.3 is 0 Å². The molecule has 17 heavy (non-hydrogen) atoms. The zero-order chi connectivity index (χ0) is 12.4. The molecular formula is C13H16BrNOS. The quantitative estimate of drug-likeness (QED) is 0.904. The Morgan fingerprint density at radius 1 is 1.41 bits per heavy atom. The van der Waals surface area contributed by atoms with Gasteiger partial charge in [0.1, 0.15) is 17.6 Å². The maximum Gasteiger partial charge on any atom is 0.126 e. The Kier molecular flexibility index (Phi) is 4.07. The van der Waals surface area contributed by atoms with Gasteiger partial charge in [0.15, 0.2) is 0 Å². The van der Waals surface area contributed by atoms with E-state index in [1.54, 1.807) is 11.3 Å². The molecule has 0 saturated heterocycles. The summed E-state index contributed by atoms with van der Waals surface area (Å²) in [5.74, 6) is 1.93. The van der Waals surface area contributed by atoms with Crippen LogP contribution in [0.2, 0.25) is 0 Å². The number of halogens is 1. The van der Waals surface area contributed by atoms with Crippen molar-refractivity contribution in [1.29, 1.82) is 0 Å². The molecular weight excluding hydrogens is 298 g/mol. The SMILES string of the molecule is CCNC(c1ccc(C)o1)c1sc(C)cc1Br. The van der Waals surface area contributed by atoms with Gasteiger partial charge in [-0.25, -0.2) is 0 Å². The number of aryl methyl sites for hydroxylation is 2. The fraction of sp³-hybridized carbons (Fsp3) is 0.385. The molecule has 0 aliphatic heterocycles. The lowest BCUT2D eigenvalue weighted by Gasteiger charge is -2.14. The normalized spacial score (nSPS) is 12.9. The van der Waals surface area contributed by atoms with Gasteiger partial charge in [-0.15, -0.1) is 11.3 Å². The van der Waals surface area contributed by atoms with E-state index in [0.717, 1.165) is 22.5 Å². The number of nitrogens with one attached hydrogen (secondary N) is 1. The van der Waals surface area contributed by atoms with Gasteiger partial charge in [0.2, 0.25) is 0 Å². The van der Waals surface area contributed by atoms with E-state index in [2.05, 4.69) is 41.2 Å². The number of hydrogen-bond donors (Lipinski definition) is 1. The van der Waals surface area contributed by atoms with Crippen LogP contribution in [0.5, 0.6) is 0 Å². The van der Waals surface area contributed by atoms with Crippen molar-refractivity contribution in [2.75, 3.05) is 6.54 Å². The zero-order valence-electron chi connectivity index (χ0n) is 10.2. The van der Waals surface area contributed by atoms with Crippen LogP contribution in [0.1, 0.15) is 34.2 Å². The second-order valence-corrected chi connectivity index (χ2v) is 6.15. The third-order valence-corrected chi connectivity index (χ3v) is 4.59. The molecule has 2 aromatic rings. The van der Waals surface area contributed by atoms with Crippen LogP contribution in [0.25, 0.3) is 0 Å². The van der Waals surface area contributed by atoms with E-state index in [4.69, 9.17) is 4.42 Å². The lowest BCUT2D eigenvalue weighted by atomic mass is 10.2. The van der Waals surface area contributed by atoms with E-state index < -0.39 is 0 Å². The second-order valence-electron chi connectivity index (χ2n) is 4.01. The number of furan rings is 1. The van der Waals surface area contributed by atoms with Crippen molar-refractivity contribution in [3.63, 3.8) is 0 Å². The van der Waals surface area contributed by atoms with Gasteiger partial charge < -0.3 is 9.73 Å². The third-order valence-electron chi connectivity index (χ3n) is 2.55. The summed E-state index contributed by atoms with van der Waals surface area (Å²) in [6.07, 6.45) is 0. The van der Waals surface area contributed by atoms with Crippen LogP contribution < -0.4 is 5.32 Å². The molecule has 92 valence electrons. The largest absolute Gasteiger partial charge is 0.464 e. The van der Waals surface area contributed by atoms with Gasteiger partial charge in [-0.3, -0.25) is 0 Å². The summed E-state index contributed by atoms with van der Waals surface area (Å²) in [6.45, 7) is 7.11. The minimum absolute atomic E-state index is 0.141. The van der Waals surface area contributed by atoms with Crippen molar-refractivity contribution in [2.24, 2.45) is 0 Å². The first-order valence-electron chi connectivity index (χ1n) is 5.67. The predicted molar refractivity (Wildman–Crippen MR) is 75.7 cm³/mol. The summed E-state index contributed by atoms with van der Waals surface area (Å²) in [7, 11) is 0. The van der Waals surface area contributed by atoms with Crippen molar-refractivity contribution in [2.45, 2.75) is 26.8 Å². The van der Waals surface area contributed by atoms with E-state index in [9.17, 15) is 0 Å². The van der Waals surface area contributed by atoms with Gasteiger partial charge in [-0.1, -0.05) is 6.92 Å². The van der Waals surface area contributed by atoms with Gasteiger partial charge in [-0.05, 0) is 54.5 Å². The Labute approximate surface area is 114 Å². The summed E-state index contributed by atoms with van der Waals surface area (Å²) in [4.78, 5) is 2.58. The van der Waals surface area contributed by atoms with E-state index in [1.807, 2.05) is 19.1 Å². The molecule has 0 aromatic carbocycles. The average Bonchev–Trinajstić information content (AvgIpc) is 2.82. The molecule has 2 heterocycles. The molecule has 0 spiro atoms. The van der Waals surface area contributed by atoms with E-state index >= 15 is 0 Å². The lowest BCUT2D eigenvalue weighted by molar-refractivity contribution is 0.437. The van der Waals surface area contributed by atoms with Gasteiger partial charge in [0.25, 0.3) is 0 Å². The molecule has 1 N–H and O–H groups in total. The summed E-state index contributed by atoms with van der Waals surface area (Å²) in [5, 5.41) is 3.47. The molecule has 2 rings (SSSR count). The van der Waals surface area contributed by atoms with Crippen molar-refractivity contribution in [1.82, 2.24) is 5.32 Å². The molecule has 2 aromatic heterocycles. The standard InChI is InChI=1S/C13H16BrNOS/c1-4-15-12(11-6-5-8(2)16-11)13-10(14)7-9(3)17-13/h5-7,12,15H,4H2,1-3H3. The van der Waals surface area contributed by atoms with Crippen LogP contribution in [-0.2, 0) is 0 Å². The zero-order valence-corrected chi connectivity index (χ0v) is 12.6. The first kappa shape index (κ1) is 12.9. The molecule has 1 unspecified atom stereocenters. The number of rotatable bonds is 4. The average molecular weight is 314 g/mol. The Hall–Kier alpha value is -0.580. The molecule has 2 nitrogen and oxygen atoms in total. The highest BCUT2D eigenvalue weighted by molar-refractivity contribution is 9.10. The van der Waals surface area contributed by atoms with Crippen molar-refractivity contribution in [3.05, 3.63) is 43.9 Å². The molecule has 0 fully saturated rings. The van der Waals surface area contributed by atoms with E-state index in [-0.39, 0.29) is 6.04 Å². The summed E-state index contributed by atoms with van der Waals surface area (Å²) < 4.78 is 6.89. The van der Waals surface area contributed by atoms with Gasteiger partial charge in [0.05, 0.1) is 0 Å². The summed E-state index contributed by atoms with van der Waals surface area (Å²) >= 11 is 5.42. The highest BCUT2D eigenvalue weighted by atomic mass is 79.9. The molecule has 0 bridgehead atoms. The maximum absolute atomic E-state index is 5.74. The molecule has 0 saturated carbocycles.